The van der Waals surface area contributed by atoms with Gasteiger partial charge in [0.15, 0.2) is 0 Å². The molecule has 2 aliphatic rings. The van der Waals surface area contributed by atoms with Gasteiger partial charge in [0.25, 0.3) is 0 Å². The van der Waals surface area contributed by atoms with Crippen LogP contribution in [0.3, 0.4) is 0 Å². The fourth-order valence-electron chi connectivity index (χ4n) is 2.84. The average Bonchev–Trinajstić information content (AvgIpc) is 2.49. The van der Waals surface area contributed by atoms with Crippen LogP contribution in [0.25, 0.3) is 0 Å². The molecule has 0 amide bonds. The molecule has 2 rings (SSSR count). The summed E-state index contributed by atoms with van der Waals surface area (Å²) in [6.07, 6.45) is 6.97. The highest BCUT2D eigenvalue weighted by Gasteiger charge is 2.49. The van der Waals surface area contributed by atoms with Crippen LogP contribution in [0.2, 0.25) is 0 Å². The van der Waals surface area contributed by atoms with E-state index in [4.69, 9.17) is 4.74 Å². The molecule has 1 saturated carbocycles. The average molecular weight is 194 g/mol. The van der Waals surface area contributed by atoms with Crippen molar-refractivity contribution in [1.29, 1.82) is 0 Å². The monoisotopic (exact) mass is 194 g/mol. The summed E-state index contributed by atoms with van der Waals surface area (Å²) in [7, 11) is 1.73. The first kappa shape index (κ1) is 9.91. The van der Waals surface area contributed by atoms with Gasteiger partial charge in [-0.15, -0.1) is 0 Å². The van der Waals surface area contributed by atoms with Crippen LogP contribution in [-0.2, 0) is 9.53 Å². The minimum Gasteiger partial charge on any atom is -0.380 e. The van der Waals surface area contributed by atoms with E-state index in [1.54, 1.807) is 7.11 Å². The van der Waals surface area contributed by atoms with Crippen LogP contribution in [0.15, 0.2) is 11.6 Å². The molecule has 0 aromatic rings. The fraction of sp³-hybridized carbons (Fsp3) is 0.750. The van der Waals surface area contributed by atoms with Gasteiger partial charge in [0.2, 0.25) is 0 Å². The third-order valence-electron chi connectivity index (χ3n) is 3.87. The lowest BCUT2D eigenvalue weighted by Crippen LogP contribution is -2.38. The number of Topliss-reactive ketones (excluding diaryl/α,β-unsaturated/α-hetero) is 1. The molecule has 0 aliphatic heterocycles. The quantitative estimate of drug-likeness (QED) is 0.599. The molecule has 0 heterocycles. The highest BCUT2D eigenvalue weighted by Crippen LogP contribution is 2.47. The molecule has 1 fully saturated rings. The van der Waals surface area contributed by atoms with Gasteiger partial charge < -0.3 is 4.74 Å². The number of carbonyl (C=O) groups excluding carboxylic acids is 1. The highest BCUT2D eigenvalue weighted by molar-refractivity contribution is 5.88. The molecule has 2 nitrogen and oxygen atoms in total. The van der Waals surface area contributed by atoms with Gasteiger partial charge in [-0.25, -0.2) is 0 Å². The van der Waals surface area contributed by atoms with Crippen LogP contribution in [-0.4, -0.2) is 19.0 Å². The van der Waals surface area contributed by atoms with Crippen molar-refractivity contribution >= 4 is 5.78 Å². The van der Waals surface area contributed by atoms with Crippen molar-refractivity contribution in [3.8, 4) is 0 Å². The Morgan fingerprint density at radius 1 is 1.50 bits per heavy atom. The van der Waals surface area contributed by atoms with Gasteiger partial charge in [-0.1, -0.05) is 11.6 Å². The summed E-state index contributed by atoms with van der Waals surface area (Å²) >= 11 is 0. The molecule has 2 atom stereocenters. The van der Waals surface area contributed by atoms with E-state index in [-0.39, 0.29) is 11.5 Å². The summed E-state index contributed by atoms with van der Waals surface area (Å²) in [5.74, 6) is 0.424. The maximum Gasteiger partial charge on any atom is 0.142 e. The molecule has 78 valence electrons. The summed E-state index contributed by atoms with van der Waals surface area (Å²) in [6.45, 7) is 2.15. The lowest BCUT2D eigenvalue weighted by molar-refractivity contribution is -0.131. The zero-order valence-corrected chi connectivity index (χ0v) is 9.01. The first-order chi connectivity index (χ1) is 6.69. The normalized spacial score (nSPS) is 37.7. The lowest BCUT2D eigenvalue weighted by Gasteiger charge is -2.35. The Balaban J connectivity index is 2.24. The van der Waals surface area contributed by atoms with Crippen molar-refractivity contribution in [3.63, 3.8) is 0 Å². The highest BCUT2D eigenvalue weighted by atomic mass is 16.5. The van der Waals surface area contributed by atoms with Crippen molar-refractivity contribution in [2.24, 2.45) is 5.41 Å². The predicted molar refractivity (Wildman–Crippen MR) is 55.1 cm³/mol. The molecular formula is C12H18O2. The van der Waals surface area contributed by atoms with Crippen molar-refractivity contribution < 1.29 is 9.53 Å². The Morgan fingerprint density at radius 3 is 2.86 bits per heavy atom. The number of allylic oxidation sites excluding steroid dienone is 2. The van der Waals surface area contributed by atoms with Crippen LogP contribution in [0, 0.1) is 5.41 Å². The van der Waals surface area contributed by atoms with Crippen LogP contribution >= 0.6 is 0 Å². The molecule has 0 aromatic heterocycles. The second-order valence-corrected chi connectivity index (χ2v) is 4.60. The maximum atomic E-state index is 11.9. The molecule has 0 saturated heterocycles. The fourth-order valence-corrected chi connectivity index (χ4v) is 2.84. The SMILES string of the molecule is COC1CCC(=O)C12CC=C(C)CC2. The first-order valence-electron chi connectivity index (χ1n) is 5.41. The van der Waals surface area contributed by atoms with Crippen molar-refractivity contribution in [3.05, 3.63) is 11.6 Å². The van der Waals surface area contributed by atoms with Crippen molar-refractivity contribution in [2.45, 2.75) is 45.1 Å². The first-order valence-corrected chi connectivity index (χ1v) is 5.41. The smallest absolute Gasteiger partial charge is 0.142 e. The van der Waals surface area contributed by atoms with Crippen LogP contribution in [0.4, 0.5) is 0 Å². The number of ether oxygens (including phenoxy) is 1. The summed E-state index contributed by atoms with van der Waals surface area (Å²) in [5.41, 5.74) is 1.26. The Hall–Kier alpha value is -0.630. The second kappa shape index (κ2) is 3.50. The summed E-state index contributed by atoms with van der Waals surface area (Å²) in [5, 5.41) is 0. The van der Waals surface area contributed by atoms with Gasteiger partial charge >= 0.3 is 0 Å². The Labute approximate surface area is 85.3 Å². The molecular weight excluding hydrogens is 176 g/mol. The maximum absolute atomic E-state index is 11.9. The minimum absolute atomic E-state index is 0.158. The molecule has 0 bridgehead atoms. The molecule has 0 N–H and O–H groups in total. The molecule has 2 heteroatoms. The van der Waals surface area contributed by atoms with Gasteiger partial charge in [-0.3, -0.25) is 4.79 Å². The molecule has 0 aromatic carbocycles. The molecule has 1 spiro atoms. The number of rotatable bonds is 1. The zero-order valence-electron chi connectivity index (χ0n) is 9.01. The number of carbonyl (C=O) groups is 1. The molecule has 2 aliphatic carbocycles. The van der Waals surface area contributed by atoms with E-state index < -0.39 is 0 Å². The Morgan fingerprint density at radius 2 is 2.29 bits per heavy atom. The van der Waals surface area contributed by atoms with Crippen molar-refractivity contribution in [1.82, 2.24) is 0 Å². The number of hydrogen-bond donors (Lipinski definition) is 0. The van der Waals surface area contributed by atoms with Gasteiger partial charge in [-0.2, -0.15) is 0 Å². The largest absolute Gasteiger partial charge is 0.380 e. The Bertz CT molecular complexity index is 280. The van der Waals surface area contributed by atoms with E-state index in [2.05, 4.69) is 13.0 Å². The van der Waals surface area contributed by atoms with E-state index in [1.165, 1.54) is 5.57 Å². The van der Waals surface area contributed by atoms with Gasteiger partial charge in [0.1, 0.15) is 5.78 Å². The van der Waals surface area contributed by atoms with E-state index in [1.807, 2.05) is 0 Å². The van der Waals surface area contributed by atoms with Gasteiger partial charge in [-0.05, 0) is 32.6 Å². The summed E-state index contributed by atoms with van der Waals surface area (Å²) < 4.78 is 5.46. The Kier molecular flexibility index (Phi) is 2.48. The van der Waals surface area contributed by atoms with Crippen molar-refractivity contribution in [2.75, 3.05) is 7.11 Å². The minimum atomic E-state index is -0.158. The number of hydrogen-bond acceptors (Lipinski definition) is 2. The predicted octanol–water partition coefficient (Wildman–Crippen LogP) is 2.48. The molecule has 2 unspecified atom stereocenters. The molecule has 14 heavy (non-hydrogen) atoms. The topological polar surface area (TPSA) is 26.3 Å². The second-order valence-electron chi connectivity index (χ2n) is 4.60. The summed E-state index contributed by atoms with van der Waals surface area (Å²) in [4.78, 5) is 11.9. The summed E-state index contributed by atoms with van der Waals surface area (Å²) in [6, 6.07) is 0. The third-order valence-corrected chi connectivity index (χ3v) is 3.87. The van der Waals surface area contributed by atoms with Crippen LogP contribution < -0.4 is 0 Å². The van der Waals surface area contributed by atoms with Gasteiger partial charge in [0, 0.05) is 13.5 Å². The lowest BCUT2D eigenvalue weighted by atomic mass is 9.72. The van der Waals surface area contributed by atoms with Crippen LogP contribution in [0.1, 0.15) is 39.0 Å². The number of methoxy groups -OCH3 is 1. The van der Waals surface area contributed by atoms with E-state index in [0.717, 1.165) is 25.7 Å². The zero-order chi connectivity index (χ0) is 10.2. The molecule has 0 radical (unpaired) electrons. The van der Waals surface area contributed by atoms with E-state index in [0.29, 0.717) is 12.2 Å². The third kappa shape index (κ3) is 1.33. The van der Waals surface area contributed by atoms with E-state index in [9.17, 15) is 4.79 Å². The van der Waals surface area contributed by atoms with E-state index >= 15 is 0 Å². The number of ketones is 1. The van der Waals surface area contributed by atoms with Gasteiger partial charge in [0.05, 0.1) is 11.5 Å². The standard InChI is InChI=1S/C12H18O2/c1-9-5-7-12(8-6-9)10(13)3-4-11(12)14-2/h5,11H,3-4,6-8H2,1-2H3. The van der Waals surface area contributed by atoms with Crippen LogP contribution in [0.5, 0.6) is 0 Å².